The van der Waals surface area contributed by atoms with Gasteiger partial charge in [-0.3, -0.25) is 19.6 Å². The van der Waals surface area contributed by atoms with E-state index in [4.69, 9.17) is 19.6 Å². The molecule has 2 saturated heterocycles. The number of benzene rings is 1. The second-order valence-corrected chi connectivity index (χ2v) is 13.1. The number of aliphatic imine (C=N–C) groups is 1. The Morgan fingerprint density at radius 3 is 2.54 bits per heavy atom. The molecule has 1 aromatic rings. The van der Waals surface area contributed by atoms with E-state index in [1.165, 1.54) is 12.0 Å². The number of hydrogen-bond acceptors (Lipinski definition) is 6. The number of carboxylic acid groups (broad SMARTS) is 1. The number of hydrogen-bond donors (Lipinski definition) is 1. The van der Waals surface area contributed by atoms with Crippen LogP contribution in [0.15, 0.2) is 69.9 Å². The minimum Gasteiger partial charge on any atom is -0.496 e. The van der Waals surface area contributed by atoms with Crippen LogP contribution in [0.5, 0.6) is 5.75 Å². The second kappa shape index (κ2) is 14.9. The number of halogens is 6. The molecule has 50 heavy (non-hydrogen) atoms. The van der Waals surface area contributed by atoms with Crippen molar-refractivity contribution < 1.29 is 50.5 Å². The number of alkyl halides is 6. The van der Waals surface area contributed by atoms with Gasteiger partial charge in [-0.25, -0.2) is 4.79 Å². The van der Waals surface area contributed by atoms with E-state index < -0.39 is 54.1 Å². The van der Waals surface area contributed by atoms with Crippen LogP contribution in [-0.4, -0.2) is 90.1 Å². The molecule has 4 aliphatic rings. The van der Waals surface area contributed by atoms with Crippen molar-refractivity contribution in [2.24, 2.45) is 10.9 Å². The van der Waals surface area contributed by atoms with Crippen LogP contribution < -0.4 is 4.74 Å². The van der Waals surface area contributed by atoms with Gasteiger partial charge in [-0.15, -0.1) is 5.73 Å². The highest BCUT2D eigenvalue weighted by molar-refractivity contribution is 6.26. The molecule has 4 unspecified atom stereocenters. The van der Waals surface area contributed by atoms with Crippen molar-refractivity contribution in [1.82, 2.24) is 9.80 Å². The van der Waals surface area contributed by atoms with Crippen molar-refractivity contribution in [3.8, 4) is 5.75 Å². The highest BCUT2D eigenvalue weighted by atomic mass is 19.4. The number of dihydropyridines is 1. The molecule has 0 saturated carbocycles. The molecular formula is C36H39F6N3O5. The molecule has 0 aromatic heterocycles. The Morgan fingerprint density at radius 1 is 1.18 bits per heavy atom. The molecule has 0 radical (unpaired) electrons. The highest BCUT2D eigenvalue weighted by Crippen LogP contribution is 2.38. The summed E-state index contributed by atoms with van der Waals surface area (Å²) in [6, 6.07) is 4.80. The second-order valence-electron chi connectivity index (χ2n) is 13.1. The summed E-state index contributed by atoms with van der Waals surface area (Å²) in [6.07, 6.45) is -6.16. The van der Waals surface area contributed by atoms with Gasteiger partial charge < -0.3 is 14.6 Å². The maximum absolute atomic E-state index is 13.8. The van der Waals surface area contributed by atoms with Gasteiger partial charge in [-0.1, -0.05) is 25.1 Å². The lowest BCUT2D eigenvalue weighted by molar-refractivity contribution is -0.138. The van der Waals surface area contributed by atoms with Crippen LogP contribution in [0.4, 0.5) is 31.1 Å². The van der Waals surface area contributed by atoms with Crippen molar-refractivity contribution in [2.75, 3.05) is 26.7 Å². The van der Waals surface area contributed by atoms with Crippen LogP contribution >= 0.6 is 0 Å². The summed E-state index contributed by atoms with van der Waals surface area (Å²) in [5.41, 5.74) is 2.86. The molecule has 4 atom stereocenters. The zero-order chi connectivity index (χ0) is 36.4. The Balaban J connectivity index is 1.45. The number of aryl methyl sites for hydroxylation is 1. The lowest BCUT2D eigenvalue weighted by atomic mass is 9.91. The summed E-state index contributed by atoms with van der Waals surface area (Å²) < 4.78 is 92.5. The summed E-state index contributed by atoms with van der Waals surface area (Å²) in [7, 11) is 1.53. The van der Waals surface area contributed by atoms with Gasteiger partial charge in [0.2, 0.25) is 0 Å². The van der Waals surface area contributed by atoms with E-state index in [-0.39, 0.29) is 30.6 Å². The van der Waals surface area contributed by atoms with Crippen molar-refractivity contribution in [3.05, 3.63) is 76.1 Å². The molecule has 270 valence electrons. The van der Waals surface area contributed by atoms with Gasteiger partial charge in [0, 0.05) is 37.1 Å². The third-order valence-electron chi connectivity index (χ3n) is 9.29. The quantitative estimate of drug-likeness (QED) is 0.177. The summed E-state index contributed by atoms with van der Waals surface area (Å²) in [6.45, 7) is 5.07. The van der Waals surface area contributed by atoms with E-state index in [9.17, 15) is 35.9 Å². The maximum Gasteiger partial charge on any atom is 0.423 e. The predicted molar refractivity (Wildman–Crippen MR) is 174 cm³/mol. The fraction of sp³-hybridized carbons (Fsp3) is 0.500. The number of nitrogens with zero attached hydrogens (tertiary/aromatic N) is 3. The fourth-order valence-corrected chi connectivity index (χ4v) is 6.50. The van der Waals surface area contributed by atoms with Crippen LogP contribution in [0.3, 0.4) is 0 Å². The number of rotatable bonds is 12. The zero-order valence-corrected chi connectivity index (χ0v) is 27.9. The lowest BCUT2D eigenvalue weighted by Gasteiger charge is -2.38. The number of methoxy groups -OCH3 is 1. The summed E-state index contributed by atoms with van der Waals surface area (Å²) >= 11 is 0. The lowest BCUT2D eigenvalue weighted by Crippen LogP contribution is -2.46. The van der Waals surface area contributed by atoms with E-state index in [1.54, 1.807) is 6.92 Å². The minimum atomic E-state index is -4.90. The first-order chi connectivity index (χ1) is 23.5. The molecule has 8 nitrogen and oxygen atoms in total. The van der Waals surface area contributed by atoms with E-state index in [2.05, 4.69) is 4.90 Å². The molecular weight excluding hydrogens is 668 g/mol. The number of cyclic esters (lactones) is 1. The number of amides is 1. The first-order valence-corrected chi connectivity index (χ1v) is 16.4. The number of aliphatic carboxylic acids is 1. The van der Waals surface area contributed by atoms with Crippen LogP contribution in [0.25, 0.3) is 5.57 Å². The number of ether oxygens (including phenoxy) is 2. The number of likely N-dealkylation sites (tertiary alicyclic amines) is 1. The highest BCUT2D eigenvalue weighted by Gasteiger charge is 2.43. The monoisotopic (exact) mass is 707 g/mol. The van der Waals surface area contributed by atoms with Crippen molar-refractivity contribution in [3.63, 3.8) is 0 Å². The molecule has 2 fully saturated rings. The zero-order valence-electron chi connectivity index (χ0n) is 27.9. The van der Waals surface area contributed by atoms with Crippen molar-refractivity contribution in [2.45, 2.75) is 83.0 Å². The van der Waals surface area contributed by atoms with Gasteiger partial charge in [-0.2, -0.15) is 26.3 Å². The number of carboxylic acids is 1. The maximum atomic E-state index is 13.8. The average Bonchev–Trinajstić information content (AvgIpc) is 3.13. The molecule has 3 aliphatic heterocycles. The van der Waals surface area contributed by atoms with Crippen LogP contribution in [0.2, 0.25) is 0 Å². The Labute approximate surface area is 286 Å². The van der Waals surface area contributed by atoms with Crippen molar-refractivity contribution in [1.29, 1.82) is 0 Å². The molecule has 1 aromatic carbocycles. The van der Waals surface area contributed by atoms with Gasteiger partial charge in [0.15, 0.2) is 0 Å². The number of allylic oxidation sites excluding steroid dienone is 3. The Kier molecular flexibility index (Phi) is 11.0. The fourth-order valence-electron chi connectivity index (χ4n) is 6.50. The molecule has 3 heterocycles. The first kappa shape index (κ1) is 37.0. The third kappa shape index (κ3) is 8.89. The van der Waals surface area contributed by atoms with Crippen LogP contribution in [0.1, 0.15) is 57.1 Å². The Bertz CT molecular complexity index is 1680. The van der Waals surface area contributed by atoms with Crippen molar-refractivity contribution >= 4 is 23.3 Å². The summed E-state index contributed by atoms with van der Waals surface area (Å²) in [5.74, 6) is -0.358. The molecule has 1 amide bonds. The summed E-state index contributed by atoms with van der Waals surface area (Å²) in [4.78, 5) is 33.1. The van der Waals surface area contributed by atoms with Crippen LogP contribution in [-0.2, 0) is 16.0 Å². The first-order valence-electron chi connectivity index (χ1n) is 16.4. The number of carbonyl (C=O) groups excluding carboxylic acids is 1. The largest absolute Gasteiger partial charge is 0.496 e. The molecule has 1 N–H and O–H groups in total. The molecule has 1 aliphatic carbocycles. The van der Waals surface area contributed by atoms with E-state index in [1.807, 2.05) is 36.9 Å². The van der Waals surface area contributed by atoms with Gasteiger partial charge >= 0.3 is 24.4 Å². The smallest absolute Gasteiger partial charge is 0.423 e. The van der Waals surface area contributed by atoms with Gasteiger partial charge in [-0.05, 0) is 73.1 Å². The topological polar surface area (TPSA) is 91.7 Å². The molecule has 0 spiro atoms. The normalized spacial score (nSPS) is 23.5. The molecule has 14 heteroatoms. The average molecular weight is 708 g/mol. The third-order valence-corrected chi connectivity index (χ3v) is 9.29. The minimum absolute atomic E-state index is 0.0431. The van der Waals surface area contributed by atoms with E-state index in [0.717, 1.165) is 31.1 Å². The molecule has 0 bridgehead atoms. The Hall–Kier alpha value is -4.29. The van der Waals surface area contributed by atoms with Gasteiger partial charge in [0.25, 0.3) is 0 Å². The van der Waals surface area contributed by atoms with E-state index >= 15 is 0 Å². The van der Waals surface area contributed by atoms with Gasteiger partial charge in [0.1, 0.15) is 18.0 Å². The standard InChI is InChI=1S/C36H39F6N3O5/c1-21(15-32(46)47)5-6-23-8-11-30(49-3)28(17-23)27-10-12-31(44-13-4-14-44)43-29(27)20-45-22(2)33(50-34(45)48)25-16-24(19-35(37,38)39)7-9-26(18-25)36(40,41)42/h7-8,10-11,16-18,21-22,31,33H,4-6,12-15,19-20H2,1-3H3,(H,46,47). The predicted octanol–water partition coefficient (Wildman–Crippen LogP) is 7.67. The molecule has 5 rings (SSSR count). The van der Waals surface area contributed by atoms with Crippen LogP contribution in [0, 0.1) is 5.92 Å². The van der Waals surface area contributed by atoms with E-state index in [0.29, 0.717) is 54.0 Å². The Morgan fingerprint density at radius 2 is 1.92 bits per heavy atom. The van der Waals surface area contributed by atoms with Gasteiger partial charge in [0.05, 0.1) is 37.4 Å². The number of carbonyl (C=O) groups is 2. The SMILES string of the molecule is COc1ccc(CCC(C)CC(=O)O)cc1C1=CCC(N2CCC2)N=C1CN1C(=O)OC(C2=CC(C(F)(F)F)=C=CC(CC(F)(F)F)=C2)C1C. The summed E-state index contributed by atoms with van der Waals surface area (Å²) in [5, 5.41) is 9.15.